The Kier molecular flexibility index (Phi) is 6.50. The number of anilines is 2. The Morgan fingerprint density at radius 1 is 1.00 bits per heavy atom. The summed E-state index contributed by atoms with van der Waals surface area (Å²) in [4.78, 5) is 20.3. The van der Waals surface area contributed by atoms with Gasteiger partial charge in [0.2, 0.25) is 5.91 Å². The fourth-order valence-electron chi connectivity index (χ4n) is 6.00. The quantitative estimate of drug-likeness (QED) is 0.667. The van der Waals surface area contributed by atoms with Crippen molar-refractivity contribution in [3.05, 3.63) is 59.2 Å². The molecule has 34 heavy (non-hydrogen) atoms. The first kappa shape index (κ1) is 23.5. The molecule has 2 fully saturated rings. The lowest BCUT2D eigenvalue weighted by Gasteiger charge is -2.41. The van der Waals surface area contributed by atoms with E-state index in [0.29, 0.717) is 12.5 Å². The van der Waals surface area contributed by atoms with Crippen molar-refractivity contribution < 1.29 is 14.5 Å². The molecule has 0 spiro atoms. The van der Waals surface area contributed by atoms with Gasteiger partial charge in [0.15, 0.2) is 0 Å². The summed E-state index contributed by atoms with van der Waals surface area (Å²) in [6.07, 6.45) is 1.94. The Morgan fingerprint density at radius 3 is 2.47 bits per heavy atom. The maximum absolute atomic E-state index is 13.5. The molecule has 5 aliphatic heterocycles. The summed E-state index contributed by atoms with van der Waals surface area (Å²) in [6.45, 7) is 8.36. The van der Waals surface area contributed by atoms with Gasteiger partial charge in [-0.15, -0.1) is 0 Å². The number of piperazine rings is 1. The monoisotopic (exact) mass is 482 g/mol. The van der Waals surface area contributed by atoms with Gasteiger partial charge in [0, 0.05) is 56.9 Å². The first-order valence-electron chi connectivity index (χ1n) is 12.2. The Morgan fingerprint density at radius 2 is 1.74 bits per heavy atom. The predicted molar refractivity (Wildman–Crippen MR) is 137 cm³/mol. The first-order chi connectivity index (χ1) is 16.1. The van der Waals surface area contributed by atoms with Gasteiger partial charge in [-0.2, -0.15) is 0 Å². The van der Waals surface area contributed by atoms with E-state index in [9.17, 15) is 9.00 Å². The maximum atomic E-state index is 13.5. The van der Waals surface area contributed by atoms with Gasteiger partial charge in [-0.3, -0.25) is 18.9 Å². The third kappa shape index (κ3) is 4.17. The highest BCUT2D eigenvalue weighted by molar-refractivity contribution is 7.86. The highest BCUT2D eigenvalue weighted by atomic mass is 32.2. The number of rotatable bonds is 4. The molecule has 8 heteroatoms. The molecular formula is C26H34N4O3S. The molecule has 5 heterocycles. The van der Waals surface area contributed by atoms with Crippen molar-refractivity contribution >= 4 is 28.3 Å². The lowest BCUT2D eigenvalue weighted by molar-refractivity contribution is -0.120. The normalized spacial score (nSPS) is 26.2. The van der Waals surface area contributed by atoms with Crippen molar-refractivity contribution in [1.82, 2.24) is 9.80 Å². The van der Waals surface area contributed by atoms with Crippen LogP contribution in [0, 0.1) is 0 Å². The molecule has 2 N–H and O–H groups in total. The third-order valence-corrected chi connectivity index (χ3v) is 9.32. The van der Waals surface area contributed by atoms with Crippen LogP contribution < -0.4 is 9.21 Å². The van der Waals surface area contributed by atoms with E-state index in [1.807, 2.05) is 4.90 Å². The van der Waals surface area contributed by atoms with Crippen LogP contribution in [0.25, 0.3) is 0 Å². The molecule has 182 valence electrons. The van der Waals surface area contributed by atoms with Crippen LogP contribution in [-0.4, -0.2) is 76.5 Å². The lowest BCUT2D eigenvalue weighted by atomic mass is 9.90. The van der Waals surface area contributed by atoms with E-state index >= 15 is 0 Å². The first-order valence-corrected chi connectivity index (χ1v) is 13.5. The molecule has 0 saturated carbocycles. The van der Waals surface area contributed by atoms with Crippen LogP contribution in [0.15, 0.2) is 42.5 Å². The zero-order valence-electron chi connectivity index (χ0n) is 19.8. The molecule has 3 atom stereocenters. The van der Waals surface area contributed by atoms with Crippen LogP contribution in [0.4, 0.5) is 11.4 Å². The minimum Gasteiger partial charge on any atom is -0.412 e. The zero-order chi connectivity index (χ0) is 22.5. The van der Waals surface area contributed by atoms with Crippen LogP contribution in [0.1, 0.15) is 36.0 Å². The number of carbonyl (C=O) groups excluding carboxylic acids is 1. The van der Waals surface area contributed by atoms with Crippen LogP contribution >= 0.6 is 0 Å². The number of nitrogens with zero attached hydrogens (tertiary/aromatic N) is 4. The van der Waals surface area contributed by atoms with Crippen LogP contribution in [0.5, 0.6) is 0 Å². The smallest absolute Gasteiger partial charge is 0.241 e. The summed E-state index contributed by atoms with van der Waals surface area (Å²) in [5.74, 6) is 1.30. The summed E-state index contributed by atoms with van der Waals surface area (Å²) >= 11 is 0. The number of carbonyl (C=O) groups is 1. The van der Waals surface area contributed by atoms with E-state index in [1.54, 1.807) is 0 Å². The largest absolute Gasteiger partial charge is 0.412 e. The van der Waals surface area contributed by atoms with Crippen LogP contribution in [-0.2, 0) is 28.7 Å². The Balaban J connectivity index is 0.00000241. The molecular weight excluding hydrogens is 448 g/mol. The second kappa shape index (κ2) is 9.41. The second-order valence-electron chi connectivity index (χ2n) is 9.97. The predicted octanol–water partition coefficient (Wildman–Crippen LogP) is 1.93. The molecule has 0 radical (unpaired) electrons. The van der Waals surface area contributed by atoms with Crippen molar-refractivity contribution in [3.63, 3.8) is 0 Å². The summed E-state index contributed by atoms with van der Waals surface area (Å²) in [7, 11) is -0.891. The van der Waals surface area contributed by atoms with E-state index in [0.717, 1.165) is 69.2 Å². The summed E-state index contributed by atoms with van der Waals surface area (Å²) in [6, 6.07) is 15.3. The van der Waals surface area contributed by atoms with Crippen molar-refractivity contribution in [2.24, 2.45) is 0 Å². The van der Waals surface area contributed by atoms with E-state index in [2.05, 4.69) is 63.5 Å². The average Bonchev–Trinajstić information content (AvgIpc) is 3.15. The van der Waals surface area contributed by atoms with Gasteiger partial charge < -0.3 is 10.4 Å². The highest BCUT2D eigenvalue weighted by Gasteiger charge is 2.40. The molecule has 5 aliphatic rings. The highest BCUT2D eigenvalue weighted by Crippen LogP contribution is 2.46. The van der Waals surface area contributed by atoms with Gasteiger partial charge in [-0.05, 0) is 48.6 Å². The number of benzene rings is 2. The van der Waals surface area contributed by atoms with Crippen LogP contribution in [0.3, 0.4) is 0 Å². The number of hydrogen-bond donors (Lipinski definition) is 0. The molecule has 1 amide bonds. The minimum atomic E-state index is -0.891. The second-order valence-corrected chi connectivity index (χ2v) is 11.4. The summed E-state index contributed by atoms with van der Waals surface area (Å²) in [5.41, 5.74) is 6.11. The maximum Gasteiger partial charge on any atom is 0.241 e. The molecule has 7 rings (SSSR count). The topological polar surface area (TPSA) is 78.6 Å². The number of amides is 1. The fraction of sp³-hybridized carbons (Fsp3) is 0.500. The standard InChI is InChI=1S/C26H32N4O2S.H2O/c1-19-13-22-14-25-23(21-7-8-29(25)33(32)18-21)15-24(22)30(19)26(31)17-28-11-9-27(10-12-28)16-20-5-3-2-4-6-20;/h2-6,14-15,19,21H,7-13,16-18H2,1H3;1H2. The molecule has 2 saturated heterocycles. The van der Waals surface area contributed by atoms with Gasteiger partial charge in [0.05, 0.1) is 18.0 Å². The van der Waals surface area contributed by atoms with Gasteiger partial charge in [0.1, 0.15) is 11.0 Å². The summed E-state index contributed by atoms with van der Waals surface area (Å²) in [5, 5.41) is 0. The third-order valence-electron chi connectivity index (χ3n) is 7.76. The van der Waals surface area contributed by atoms with Crippen LogP contribution in [0.2, 0.25) is 0 Å². The Labute approximate surface area is 204 Å². The molecule has 0 aromatic heterocycles. The lowest BCUT2D eigenvalue weighted by Crippen LogP contribution is -2.50. The van der Waals surface area contributed by atoms with Crippen molar-refractivity contribution in [3.8, 4) is 0 Å². The van der Waals surface area contributed by atoms with Gasteiger partial charge in [-0.1, -0.05) is 30.3 Å². The fourth-order valence-corrected chi connectivity index (χ4v) is 7.56. The van der Waals surface area contributed by atoms with Crippen molar-refractivity contribution in [1.29, 1.82) is 0 Å². The van der Waals surface area contributed by atoms with E-state index in [4.69, 9.17) is 0 Å². The van der Waals surface area contributed by atoms with Crippen molar-refractivity contribution in [2.75, 3.05) is 54.2 Å². The van der Waals surface area contributed by atoms with Gasteiger partial charge in [-0.25, -0.2) is 4.21 Å². The molecule has 7 nitrogen and oxygen atoms in total. The summed E-state index contributed by atoms with van der Waals surface area (Å²) < 4.78 is 14.5. The number of fused-ring (bicyclic) bond motifs is 3. The molecule has 3 unspecified atom stereocenters. The molecule has 2 aromatic carbocycles. The van der Waals surface area contributed by atoms with Gasteiger partial charge >= 0.3 is 0 Å². The zero-order valence-corrected chi connectivity index (χ0v) is 20.6. The van der Waals surface area contributed by atoms with Gasteiger partial charge in [0.25, 0.3) is 0 Å². The van der Waals surface area contributed by atoms with Crippen molar-refractivity contribution in [2.45, 2.75) is 38.3 Å². The molecule has 2 bridgehead atoms. The number of hydrogen-bond acceptors (Lipinski definition) is 4. The Bertz CT molecular complexity index is 1090. The van der Waals surface area contributed by atoms with E-state index in [-0.39, 0.29) is 17.4 Å². The molecule has 2 aromatic rings. The Hall–Kier alpha value is -2.26. The van der Waals surface area contributed by atoms with E-state index in [1.165, 1.54) is 16.7 Å². The average molecular weight is 483 g/mol. The minimum absolute atomic E-state index is 0. The van der Waals surface area contributed by atoms with E-state index < -0.39 is 11.0 Å². The molecule has 0 aliphatic carbocycles. The SMILES string of the molecule is CC1Cc2cc3c(cc2N1C(=O)CN1CCN(Cc2ccccc2)CC1)C1CCN3S(=O)C1.O.